The van der Waals surface area contributed by atoms with E-state index in [1.165, 1.54) is 0 Å². The number of halogens is 1. The second-order valence-corrected chi connectivity index (χ2v) is 6.06. The Morgan fingerprint density at radius 3 is 2.95 bits per heavy atom. The number of hydrogen-bond acceptors (Lipinski definition) is 2. The van der Waals surface area contributed by atoms with E-state index in [1.807, 2.05) is 18.2 Å². The maximum atomic E-state index is 6.34. The Labute approximate surface area is 123 Å². The van der Waals surface area contributed by atoms with Crippen molar-refractivity contribution in [3.63, 3.8) is 0 Å². The van der Waals surface area contributed by atoms with E-state index in [1.54, 1.807) is 0 Å². The minimum atomic E-state index is -0.417. The number of nitrogens with one attached hydrogen (secondary N) is 1. The van der Waals surface area contributed by atoms with Gasteiger partial charge in [0.2, 0.25) is 0 Å². The molecule has 0 spiro atoms. The van der Waals surface area contributed by atoms with E-state index < -0.39 is 5.72 Å². The Morgan fingerprint density at radius 1 is 1.53 bits per heavy atom. The van der Waals surface area contributed by atoms with Crippen molar-refractivity contribution < 1.29 is 4.74 Å². The number of nitrogens with zero attached hydrogens (tertiary/aromatic N) is 1. The van der Waals surface area contributed by atoms with Gasteiger partial charge in [-0.3, -0.25) is 0 Å². The minimum absolute atomic E-state index is 0.109. The molecule has 0 radical (unpaired) electrons. The Morgan fingerprint density at radius 2 is 2.26 bits per heavy atom. The standard InChI is InChI=1S/C14H17ClN2OS/c1-4-17-13(19)16-12-8(2)14(17,3)18-10-7-5-6-9(15)11(10)12/h5-8,12H,4H2,1-3H3,(H,16,19). The topological polar surface area (TPSA) is 24.5 Å². The molecule has 0 amide bonds. The molecule has 1 fully saturated rings. The third-order valence-electron chi connectivity index (χ3n) is 4.36. The first-order valence-electron chi connectivity index (χ1n) is 6.54. The predicted molar refractivity (Wildman–Crippen MR) is 80.5 cm³/mol. The summed E-state index contributed by atoms with van der Waals surface area (Å²) in [5.74, 6) is 1.11. The highest BCUT2D eigenvalue weighted by molar-refractivity contribution is 7.80. The molecule has 3 rings (SSSR count). The summed E-state index contributed by atoms with van der Waals surface area (Å²) in [4.78, 5) is 2.10. The molecule has 1 N–H and O–H groups in total. The lowest BCUT2D eigenvalue weighted by Crippen LogP contribution is -2.68. The van der Waals surface area contributed by atoms with Gasteiger partial charge in [-0.1, -0.05) is 24.6 Å². The van der Waals surface area contributed by atoms with Crippen molar-refractivity contribution in [1.29, 1.82) is 0 Å². The lowest BCUT2D eigenvalue weighted by Gasteiger charge is -2.56. The first-order chi connectivity index (χ1) is 8.99. The monoisotopic (exact) mass is 296 g/mol. The van der Waals surface area contributed by atoms with Crippen LogP contribution in [0.15, 0.2) is 18.2 Å². The van der Waals surface area contributed by atoms with Gasteiger partial charge in [0.25, 0.3) is 0 Å². The molecule has 1 aromatic rings. The van der Waals surface area contributed by atoms with Gasteiger partial charge in [0, 0.05) is 23.0 Å². The van der Waals surface area contributed by atoms with Crippen molar-refractivity contribution in [2.24, 2.45) is 5.92 Å². The Hall–Kier alpha value is -1.00. The number of fused-ring (bicyclic) bond motifs is 4. The summed E-state index contributed by atoms with van der Waals surface area (Å²) in [6.07, 6.45) is 0. The molecule has 5 heteroatoms. The number of ether oxygens (including phenoxy) is 1. The zero-order valence-electron chi connectivity index (χ0n) is 11.2. The second kappa shape index (κ2) is 4.25. The van der Waals surface area contributed by atoms with Crippen LogP contribution in [0.4, 0.5) is 0 Å². The summed E-state index contributed by atoms with van der Waals surface area (Å²) in [5, 5.41) is 4.88. The van der Waals surface area contributed by atoms with E-state index in [0.717, 1.165) is 28.0 Å². The fraction of sp³-hybridized carbons (Fsp3) is 0.500. The molecule has 102 valence electrons. The maximum Gasteiger partial charge on any atom is 0.186 e. The SMILES string of the molecule is CCN1C(=S)NC2c3c(Cl)cccc3OC1(C)C2C. The average molecular weight is 297 g/mol. The van der Waals surface area contributed by atoms with Gasteiger partial charge in [0.1, 0.15) is 5.75 Å². The van der Waals surface area contributed by atoms with Crippen LogP contribution in [0.3, 0.4) is 0 Å². The predicted octanol–water partition coefficient (Wildman–Crippen LogP) is 3.34. The summed E-state index contributed by atoms with van der Waals surface area (Å²) in [5.41, 5.74) is 0.603. The van der Waals surface area contributed by atoms with E-state index in [-0.39, 0.29) is 12.0 Å². The molecule has 1 saturated heterocycles. The van der Waals surface area contributed by atoms with Crippen LogP contribution in [0.25, 0.3) is 0 Å². The van der Waals surface area contributed by atoms with Gasteiger partial charge >= 0.3 is 0 Å². The van der Waals surface area contributed by atoms with E-state index in [2.05, 4.69) is 31.0 Å². The van der Waals surface area contributed by atoms with Crippen molar-refractivity contribution in [3.05, 3.63) is 28.8 Å². The summed E-state index contributed by atoms with van der Waals surface area (Å²) in [6.45, 7) is 7.18. The molecule has 0 saturated carbocycles. The summed E-state index contributed by atoms with van der Waals surface area (Å²) >= 11 is 11.8. The second-order valence-electron chi connectivity index (χ2n) is 5.27. The molecule has 2 bridgehead atoms. The van der Waals surface area contributed by atoms with Gasteiger partial charge in [-0.2, -0.15) is 0 Å². The van der Waals surface area contributed by atoms with Gasteiger partial charge in [-0.15, -0.1) is 0 Å². The van der Waals surface area contributed by atoms with Crippen LogP contribution in [-0.2, 0) is 0 Å². The molecular weight excluding hydrogens is 280 g/mol. The normalized spacial score (nSPS) is 32.4. The van der Waals surface area contributed by atoms with Crippen LogP contribution in [0.2, 0.25) is 5.02 Å². The highest BCUT2D eigenvalue weighted by Crippen LogP contribution is 2.49. The zero-order valence-corrected chi connectivity index (χ0v) is 12.8. The molecule has 0 aromatic heterocycles. The molecule has 3 nitrogen and oxygen atoms in total. The van der Waals surface area contributed by atoms with E-state index in [9.17, 15) is 0 Å². The molecule has 2 aliphatic rings. The van der Waals surface area contributed by atoms with Gasteiger partial charge in [-0.25, -0.2) is 0 Å². The minimum Gasteiger partial charge on any atom is -0.467 e. The first-order valence-corrected chi connectivity index (χ1v) is 7.33. The summed E-state index contributed by atoms with van der Waals surface area (Å²) < 4.78 is 6.27. The highest BCUT2D eigenvalue weighted by Gasteiger charge is 2.53. The molecule has 3 unspecified atom stereocenters. The van der Waals surface area contributed by atoms with Crippen molar-refractivity contribution in [1.82, 2.24) is 10.2 Å². The van der Waals surface area contributed by atoms with Crippen LogP contribution in [0.5, 0.6) is 5.75 Å². The van der Waals surface area contributed by atoms with Gasteiger partial charge in [0.15, 0.2) is 10.8 Å². The lowest BCUT2D eigenvalue weighted by atomic mass is 9.81. The zero-order chi connectivity index (χ0) is 13.8. The molecule has 0 aliphatic carbocycles. The molecule has 3 atom stereocenters. The van der Waals surface area contributed by atoms with Crippen LogP contribution < -0.4 is 10.1 Å². The van der Waals surface area contributed by atoms with Crippen LogP contribution >= 0.6 is 23.8 Å². The summed E-state index contributed by atoms with van der Waals surface area (Å²) in [6, 6.07) is 5.90. The van der Waals surface area contributed by atoms with Gasteiger partial charge < -0.3 is 15.0 Å². The van der Waals surface area contributed by atoms with E-state index in [0.29, 0.717) is 0 Å². The third kappa shape index (κ3) is 1.66. The van der Waals surface area contributed by atoms with Crippen molar-refractivity contribution in [2.45, 2.75) is 32.5 Å². The number of rotatable bonds is 1. The van der Waals surface area contributed by atoms with Gasteiger partial charge in [-0.05, 0) is 38.2 Å². The highest BCUT2D eigenvalue weighted by atomic mass is 35.5. The fourth-order valence-corrected chi connectivity index (χ4v) is 3.87. The van der Waals surface area contributed by atoms with Crippen molar-refractivity contribution in [2.75, 3.05) is 6.54 Å². The molecule has 2 heterocycles. The Bertz CT molecular complexity index is 550. The van der Waals surface area contributed by atoms with E-state index >= 15 is 0 Å². The Kier molecular flexibility index (Phi) is 2.91. The number of thiocarbonyl (C=S) groups is 1. The van der Waals surface area contributed by atoms with Crippen LogP contribution in [-0.4, -0.2) is 22.3 Å². The van der Waals surface area contributed by atoms with Crippen molar-refractivity contribution in [3.8, 4) is 5.75 Å². The van der Waals surface area contributed by atoms with E-state index in [4.69, 9.17) is 28.6 Å². The largest absolute Gasteiger partial charge is 0.467 e. The average Bonchev–Trinajstić information content (AvgIpc) is 2.34. The van der Waals surface area contributed by atoms with Crippen LogP contribution in [0.1, 0.15) is 32.4 Å². The molecular formula is C14H17ClN2OS. The van der Waals surface area contributed by atoms with Crippen molar-refractivity contribution >= 4 is 28.9 Å². The molecule has 19 heavy (non-hydrogen) atoms. The molecule has 1 aromatic carbocycles. The maximum absolute atomic E-state index is 6.34. The Balaban J connectivity index is 2.18. The van der Waals surface area contributed by atoms with Crippen LogP contribution in [0, 0.1) is 5.92 Å². The number of hydrogen-bond donors (Lipinski definition) is 1. The van der Waals surface area contributed by atoms with Gasteiger partial charge in [0.05, 0.1) is 6.04 Å². The number of benzene rings is 1. The molecule has 2 aliphatic heterocycles. The smallest absolute Gasteiger partial charge is 0.186 e. The fourth-order valence-electron chi connectivity index (χ4n) is 3.15. The quantitative estimate of drug-likeness (QED) is 0.804. The summed E-state index contributed by atoms with van der Waals surface area (Å²) in [7, 11) is 0. The third-order valence-corrected chi connectivity index (χ3v) is 5.03. The first kappa shape index (κ1) is 13.0. The lowest BCUT2D eigenvalue weighted by molar-refractivity contribution is -0.108.